The summed E-state index contributed by atoms with van der Waals surface area (Å²) in [5, 5.41) is 0. The van der Waals surface area contributed by atoms with Crippen molar-refractivity contribution in [3.05, 3.63) is 109 Å². The van der Waals surface area contributed by atoms with Crippen molar-refractivity contribution in [3.63, 3.8) is 0 Å². The Bertz CT molecular complexity index is 1560. The van der Waals surface area contributed by atoms with Crippen molar-refractivity contribution in [2.45, 2.75) is 309 Å². The molecule has 0 bridgehead atoms. The minimum atomic E-state index is -0.806. The van der Waals surface area contributed by atoms with Crippen LogP contribution >= 0.6 is 0 Å². The summed E-state index contributed by atoms with van der Waals surface area (Å²) in [6.07, 6.45) is 88.1. The average molecular weight is 1070 g/mol. The largest absolute Gasteiger partial charge is 0.462 e. The highest BCUT2D eigenvalue weighted by molar-refractivity contribution is 5.71. The number of ether oxygens (including phenoxy) is 3. The van der Waals surface area contributed by atoms with Crippen molar-refractivity contribution in [2.24, 2.45) is 0 Å². The Balaban J connectivity index is 4.47. The van der Waals surface area contributed by atoms with E-state index in [4.69, 9.17) is 14.2 Å². The van der Waals surface area contributed by atoms with Gasteiger partial charge in [-0.25, -0.2) is 0 Å². The first-order valence-corrected chi connectivity index (χ1v) is 32.4. The summed E-state index contributed by atoms with van der Waals surface area (Å²) < 4.78 is 16.9. The maximum atomic E-state index is 12.9. The molecule has 0 aromatic rings. The minimum Gasteiger partial charge on any atom is -0.462 e. The highest BCUT2D eigenvalue weighted by atomic mass is 16.6. The van der Waals surface area contributed by atoms with E-state index in [9.17, 15) is 14.4 Å². The maximum Gasteiger partial charge on any atom is 0.306 e. The zero-order valence-corrected chi connectivity index (χ0v) is 50.4. The topological polar surface area (TPSA) is 78.9 Å². The first-order valence-electron chi connectivity index (χ1n) is 32.4. The van der Waals surface area contributed by atoms with Crippen LogP contribution in [0.1, 0.15) is 303 Å². The van der Waals surface area contributed by atoms with Crippen LogP contribution in [0.3, 0.4) is 0 Å². The number of esters is 3. The molecule has 0 spiro atoms. The normalized spacial score (nSPS) is 12.8. The van der Waals surface area contributed by atoms with Gasteiger partial charge in [-0.2, -0.15) is 0 Å². The highest BCUT2D eigenvalue weighted by Crippen LogP contribution is 2.16. The molecule has 0 saturated heterocycles. The van der Waals surface area contributed by atoms with Crippen LogP contribution in [0.25, 0.3) is 0 Å². The van der Waals surface area contributed by atoms with Crippen LogP contribution in [0, 0.1) is 0 Å². The van der Waals surface area contributed by atoms with Crippen molar-refractivity contribution < 1.29 is 28.6 Å². The molecule has 440 valence electrons. The average Bonchev–Trinajstić information content (AvgIpc) is 3.43. The van der Waals surface area contributed by atoms with Crippen molar-refractivity contribution in [2.75, 3.05) is 13.2 Å². The molecule has 0 aliphatic heterocycles. The molecular formula is C71H120O6. The van der Waals surface area contributed by atoms with E-state index in [0.717, 1.165) is 96.3 Å². The molecule has 0 heterocycles. The monoisotopic (exact) mass is 1070 g/mol. The van der Waals surface area contributed by atoms with E-state index in [1.54, 1.807) is 0 Å². The molecule has 1 atom stereocenters. The first kappa shape index (κ1) is 73.1. The molecule has 6 nitrogen and oxygen atoms in total. The molecular weight excluding hydrogens is 949 g/mol. The van der Waals surface area contributed by atoms with Crippen LogP contribution in [-0.4, -0.2) is 37.2 Å². The highest BCUT2D eigenvalue weighted by Gasteiger charge is 2.19. The Hall–Kier alpha value is -3.93. The molecule has 77 heavy (non-hydrogen) atoms. The molecule has 0 aliphatic carbocycles. The summed E-state index contributed by atoms with van der Waals surface area (Å²) in [4.78, 5) is 38.3. The SMILES string of the molecule is CC/C=C\C/C=C\C/C=C\C/C=C\C/C=C\C/C=C\C/C=C\CCCC(=O)OCC(COC(=O)CCCCCCCCCCCCCCCCC)OC(=O)CCCCCCCCCCC/C=C\C/C=C\CCCCCCC. The number of carbonyl (C=O) groups excluding carboxylic acids is 3. The van der Waals surface area contributed by atoms with Gasteiger partial charge in [-0.05, 0) is 103 Å². The number of unbranched alkanes of at least 4 members (excludes halogenated alkanes) is 29. The van der Waals surface area contributed by atoms with E-state index in [1.807, 2.05) is 0 Å². The third-order valence-electron chi connectivity index (χ3n) is 13.8. The summed E-state index contributed by atoms with van der Waals surface area (Å²) in [7, 11) is 0. The Morgan fingerprint density at radius 1 is 0.273 bits per heavy atom. The first-order chi connectivity index (χ1) is 38.0. The van der Waals surface area contributed by atoms with Gasteiger partial charge in [0.25, 0.3) is 0 Å². The molecule has 0 fully saturated rings. The lowest BCUT2D eigenvalue weighted by Gasteiger charge is -2.18. The Labute approximate surface area is 476 Å². The second-order valence-corrected chi connectivity index (χ2v) is 21.3. The third-order valence-corrected chi connectivity index (χ3v) is 13.8. The van der Waals surface area contributed by atoms with Crippen LogP contribution < -0.4 is 0 Å². The molecule has 6 heteroatoms. The fourth-order valence-electron chi connectivity index (χ4n) is 8.93. The molecule has 0 N–H and O–H groups in total. The van der Waals surface area contributed by atoms with Crippen LogP contribution in [0.4, 0.5) is 0 Å². The van der Waals surface area contributed by atoms with Crippen LogP contribution in [0.15, 0.2) is 109 Å². The van der Waals surface area contributed by atoms with Crippen LogP contribution in [0.2, 0.25) is 0 Å². The number of carbonyl (C=O) groups is 3. The summed E-state index contributed by atoms with van der Waals surface area (Å²) in [5.41, 5.74) is 0. The summed E-state index contributed by atoms with van der Waals surface area (Å²) in [6, 6.07) is 0. The van der Waals surface area contributed by atoms with Gasteiger partial charge in [-0.3, -0.25) is 14.4 Å². The van der Waals surface area contributed by atoms with Crippen molar-refractivity contribution in [3.8, 4) is 0 Å². The number of hydrogen-bond acceptors (Lipinski definition) is 6. The number of rotatable bonds is 58. The fourth-order valence-corrected chi connectivity index (χ4v) is 8.93. The minimum absolute atomic E-state index is 0.0964. The molecule has 0 saturated carbocycles. The lowest BCUT2D eigenvalue weighted by Crippen LogP contribution is -2.30. The number of allylic oxidation sites excluding steroid dienone is 18. The van der Waals surface area contributed by atoms with Gasteiger partial charge in [-0.1, -0.05) is 291 Å². The molecule has 0 aromatic carbocycles. The molecule has 1 unspecified atom stereocenters. The van der Waals surface area contributed by atoms with Crippen LogP contribution in [-0.2, 0) is 28.6 Å². The Morgan fingerprint density at radius 2 is 0.519 bits per heavy atom. The Kier molecular flexibility index (Phi) is 61.3. The fraction of sp³-hybridized carbons (Fsp3) is 0.704. The van der Waals surface area contributed by atoms with Crippen molar-refractivity contribution in [1.82, 2.24) is 0 Å². The summed E-state index contributed by atoms with van der Waals surface area (Å²) >= 11 is 0. The van der Waals surface area contributed by atoms with Gasteiger partial charge in [-0.15, -0.1) is 0 Å². The van der Waals surface area contributed by atoms with E-state index in [0.29, 0.717) is 19.3 Å². The predicted octanol–water partition coefficient (Wildman–Crippen LogP) is 22.2. The van der Waals surface area contributed by atoms with Gasteiger partial charge in [0, 0.05) is 19.3 Å². The second kappa shape index (κ2) is 64.6. The zero-order chi connectivity index (χ0) is 55.7. The standard InChI is InChI=1S/C71H120O6/c1-4-7-10-13-16-19-22-25-28-30-32-34-35-37-38-40-43-46-49-52-55-58-61-64-70(73)76-67-68(66-75-69(72)63-60-57-54-51-48-45-42-27-24-21-18-15-12-9-6-3)77-71(74)65-62-59-56-53-50-47-44-41-39-36-33-31-29-26-23-20-17-14-11-8-5-2/h7,10,16,19,23,25-26,28,31-34,37-38,43,46,52,55,68H,4-6,8-9,11-15,17-18,20-22,24,27,29-30,35-36,39-42,44-45,47-51,53-54,56-67H2,1-3H3/b10-7-,19-16-,26-23-,28-25-,33-31-,34-32-,38-37-,46-43-,55-52-. The summed E-state index contributed by atoms with van der Waals surface area (Å²) in [5.74, 6) is -0.953. The summed E-state index contributed by atoms with van der Waals surface area (Å²) in [6.45, 7) is 6.49. The zero-order valence-electron chi connectivity index (χ0n) is 50.4. The van der Waals surface area contributed by atoms with E-state index in [2.05, 4.69) is 130 Å². The molecule has 0 aliphatic rings. The van der Waals surface area contributed by atoms with E-state index in [-0.39, 0.29) is 37.5 Å². The quantitative estimate of drug-likeness (QED) is 0.0261. The number of hydrogen-bond donors (Lipinski definition) is 0. The van der Waals surface area contributed by atoms with Crippen molar-refractivity contribution >= 4 is 17.9 Å². The van der Waals surface area contributed by atoms with Gasteiger partial charge in [0.05, 0.1) is 0 Å². The van der Waals surface area contributed by atoms with E-state index in [1.165, 1.54) is 161 Å². The molecule has 0 rings (SSSR count). The van der Waals surface area contributed by atoms with E-state index >= 15 is 0 Å². The third kappa shape index (κ3) is 62.8. The van der Waals surface area contributed by atoms with Crippen LogP contribution in [0.5, 0.6) is 0 Å². The second-order valence-electron chi connectivity index (χ2n) is 21.3. The van der Waals surface area contributed by atoms with Gasteiger partial charge in [0.1, 0.15) is 13.2 Å². The molecule has 0 amide bonds. The lowest BCUT2D eigenvalue weighted by atomic mass is 10.0. The predicted molar refractivity (Wildman–Crippen MR) is 334 cm³/mol. The lowest BCUT2D eigenvalue weighted by molar-refractivity contribution is -0.167. The van der Waals surface area contributed by atoms with E-state index < -0.39 is 6.10 Å². The smallest absolute Gasteiger partial charge is 0.306 e. The Morgan fingerprint density at radius 3 is 0.844 bits per heavy atom. The molecule has 0 radical (unpaired) electrons. The van der Waals surface area contributed by atoms with Crippen molar-refractivity contribution in [1.29, 1.82) is 0 Å². The maximum absolute atomic E-state index is 12.9. The van der Waals surface area contributed by atoms with Gasteiger partial charge >= 0.3 is 17.9 Å². The molecule has 0 aromatic heterocycles. The van der Waals surface area contributed by atoms with Gasteiger partial charge in [0.2, 0.25) is 0 Å². The van der Waals surface area contributed by atoms with Gasteiger partial charge < -0.3 is 14.2 Å². The van der Waals surface area contributed by atoms with Gasteiger partial charge in [0.15, 0.2) is 6.10 Å².